The molecule has 0 aliphatic heterocycles. The molecule has 1 N–H and O–H groups in total. The molecule has 0 saturated carbocycles. The second kappa shape index (κ2) is 8.07. The van der Waals surface area contributed by atoms with E-state index in [9.17, 15) is 4.79 Å². The Kier molecular flexibility index (Phi) is 5.60. The minimum absolute atomic E-state index is 0.0688. The molecule has 3 aromatic rings. The number of ether oxygens (including phenoxy) is 1. The summed E-state index contributed by atoms with van der Waals surface area (Å²) in [6, 6.07) is 15.7. The number of aromatic amines is 1. The zero-order valence-corrected chi connectivity index (χ0v) is 15.2. The van der Waals surface area contributed by atoms with E-state index in [1.165, 1.54) is 11.8 Å². The molecule has 5 nitrogen and oxygen atoms in total. The molecule has 2 aromatic carbocycles. The third-order valence-corrected chi connectivity index (χ3v) is 4.64. The van der Waals surface area contributed by atoms with Crippen LogP contribution < -0.4 is 4.74 Å². The molecule has 0 unspecified atom stereocenters. The van der Waals surface area contributed by atoms with Crippen molar-refractivity contribution < 1.29 is 9.53 Å². The number of nitrogens with one attached hydrogen (secondary N) is 1. The maximum absolute atomic E-state index is 12.3. The van der Waals surface area contributed by atoms with Crippen molar-refractivity contribution in [1.82, 2.24) is 14.9 Å². The minimum Gasteiger partial charge on any atom is -0.494 e. The molecule has 130 valence electrons. The molecule has 0 atom stereocenters. The first-order chi connectivity index (χ1) is 12.2. The SMILES string of the molecule is CCOc1ccc(CN(C)C(=O)CSc2nc3ccccc3[nH]2)cc1. The third kappa shape index (κ3) is 4.54. The van der Waals surface area contributed by atoms with E-state index in [2.05, 4.69) is 9.97 Å². The van der Waals surface area contributed by atoms with Gasteiger partial charge in [-0.05, 0) is 36.8 Å². The molecule has 0 spiro atoms. The van der Waals surface area contributed by atoms with E-state index in [4.69, 9.17) is 4.74 Å². The van der Waals surface area contributed by atoms with Gasteiger partial charge in [0.1, 0.15) is 5.75 Å². The number of H-pyrrole nitrogens is 1. The molecule has 1 heterocycles. The van der Waals surface area contributed by atoms with Crippen LogP contribution in [0.1, 0.15) is 12.5 Å². The Labute approximate surface area is 151 Å². The third-order valence-electron chi connectivity index (χ3n) is 3.78. The molecule has 0 saturated heterocycles. The number of para-hydroxylation sites is 2. The van der Waals surface area contributed by atoms with Crippen molar-refractivity contribution in [3.63, 3.8) is 0 Å². The largest absolute Gasteiger partial charge is 0.494 e. The molecule has 0 fully saturated rings. The Morgan fingerprint density at radius 1 is 1.20 bits per heavy atom. The summed E-state index contributed by atoms with van der Waals surface area (Å²) in [5.41, 5.74) is 2.98. The van der Waals surface area contributed by atoms with Gasteiger partial charge in [0.15, 0.2) is 5.16 Å². The number of thioether (sulfide) groups is 1. The highest BCUT2D eigenvalue weighted by molar-refractivity contribution is 7.99. The Balaban J connectivity index is 1.53. The number of hydrogen-bond donors (Lipinski definition) is 1. The number of nitrogens with zero attached hydrogens (tertiary/aromatic N) is 2. The summed E-state index contributed by atoms with van der Waals surface area (Å²) < 4.78 is 5.43. The second-order valence-corrected chi connectivity index (χ2v) is 6.64. The van der Waals surface area contributed by atoms with Gasteiger partial charge in [-0.1, -0.05) is 36.0 Å². The molecule has 0 aliphatic carbocycles. The van der Waals surface area contributed by atoms with Gasteiger partial charge in [-0.3, -0.25) is 4.79 Å². The van der Waals surface area contributed by atoms with Crippen molar-refractivity contribution in [2.45, 2.75) is 18.6 Å². The minimum atomic E-state index is 0.0688. The van der Waals surface area contributed by atoms with Gasteiger partial charge in [0.2, 0.25) is 5.91 Å². The van der Waals surface area contributed by atoms with E-state index in [0.717, 1.165) is 27.5 Å². The number of carbonyl (C=O) groups excluding carboxylic acids is 1. The zero-order valence-electron chi connectivity index (χ0n) is 14.4. The van der Waals surface area contributed by atoms with Gasteiger partial charge in [0.05, 0.1) is 23.4 Å². The van der Waals surface area contributed by atoms with Gasteiger partial charge in [-0.25, -0.2) is 4.98 Å². The van der Waals surface area contributed by atoms with E-state index in [1.54, 1.807) is 4.90 Å². The summed E-state index contributed by atoms with van der Waals surface area (Å²) in [5, 5.41) is 0.768. The highest BCUT2D eigenvalue weighted by atomic mass is 32.2. The number of amides is 1. The lowest BCUT2D eigenvalue weighted by Gasteiger charge is -2.17. The Hall–Kier alpha value is -2.47. The first-order valence-corrected chi connectivity index (χ1v) is 9.17. The molecular formula is C19H21N3O2S. The summed E-state index contributed by atoms with van der Waals surface area (Å²) in [5.74, 6) is 1.27. The Morgan fingerprint density at radius 3 is 2.68 bits per heavy atom. The van der Waals surface area contributed by atoms with Gasteiger partial charge in [-0.2, -0.15) is 0 Å². The van der Waals surface area contributed by atoms with Gasteiger partial charge in [0, 0.05) is 13.6 Å². The predicted molar refractivity (Wildman–Crippen MR) is 101 cm³/mol. The molecule has 6 heteroatoms. The topological polar surface area (TPSA) is 58.2 Å². The molecular weight excluding hydrogens is 334 g/mol. The molecule has 3 rings (SSSR count). The molecule has 0 radical (unpaired) electrons. The number of fused-ring (bicyclic) bond motifs is 1. The first-order valence-electron chi connectivity index (χ1n) is 8.19. The maximum Gasteiger partial charge on any atom is 0.233 e. The summed E-state index contributed by atoms with van der Waals surface area (Å²) in [6.45, 7) is 3.18. The number of hydrogen-bond acceptors (Lipinski definition) is 4. The van der Waals surface area contributed by atoms with E-state index in [0.29, 0.717) is 18.9 Å². The van der Waals surface area contributed by atoms with Crippen molar-refractivity contribution in [3.8, 4) is 5.75 Å². The van der Waals surface area contributed by atoms with E-state index < -0.39 is 0 Å². The van der Waals surface area contributed by atoms with Crippen LogP contribution in [0.3, 0.4) is 0 Å². The quantitative estimate of drug-likeness (QED) is 0.657. The van der Waals surface area contributed by atoms with Crippen molar-refractivity contribution in [3.05, 3.63) is 54.1 Å². The molecule has 25 heavy (non-hydrogen) atoms. The lowest BCUT2D eigenvalue weighted by Crippen LogP contribution is -2.27. The smallest absolute Gasteiger partial charge is 0.233 e. The van der Waals surface area contributed by atoms with Crippen molar-refractivity contribution in [2.75, 3.05) is 19.4 Å². The fourth-order valence-corrected chi connectivity index (χ4v) is 3.28. The van der Waals surface area contributed by atoms with Crippen LogP contribution in [0.4, 0.5) is 0 Å². The maximum atomic E-state index is 12.3. The number of aromatic nitrogens is 2. The summed E-state index contributed by atoms with van der Waals surface area (Å²) >= 11 is 1.42. The average molecular weight is 355 g/mol. The zero-order chi connectivity index (χ0) is 17.6. The number of rotatable bonds is 7. The van der Waals surface area contributed by atoms with Gasteiger partial charge < -0.3 is 14.6 Å². The lowest BCUT2D eigenvalue weighted by molar-refractivity contribution is -0.127. The normalized spacial score (nSPS) is 10.8. The van der Waals surface area contributed by atoms with Gasteiger partial charge >= 0.3 is 0 Å². The first kappa shape index (κ1) is 17.4. The average Bonchev–Trinajstić information content (AvgIpc) is 3.04. The van der Waals surface area contributed by atoms with Crippen LogP contribution in [0.5, 0.6) is 5.75 Å². The number of benzene rings is 2. The summed E-state index contributed by atoms with van der Waals surface area (Å²) in [4.78, 5) is 21.8. The molecule has 0 aliphatic rings. The predicted octanol–water partition coefficient (Wildman–Crippen LogP) is 3.71. The summed E-state index contributed by atoms with van der Waals surface area (Å²) in [6.07, 6.45) is 0. The van der Waals surface area contributed by atoms with Gasteiger partial charge in [-0.15, -0.1) is 0 Å². The Morgan fingerprint density at radius 2 is 1.96 bits per heavy atom. The van der Waals surface area contributed by atoms with Crippen LogP contribution in [-0.2, 0) is 11.3 Å². The number of carbonyl (C=O) groups is 1. The van der Waals surface area contributed by atoms with Crippen molar-refractivity contribution >= 4 is 28.7 Å². The highest BCUT2D eigenvalue weighted by Crippen LogP contribution is 2.20. The van der Waals surface area contributed by atoms with Gasteiger partial charge in [0.25, 0.3) is 0 Å². The van der Waals surface area contributed by atoms with E-state index in [-0.39, 0.29) is 5.91 Å². The van der Waals surface area contributed by atoms with Crippen LogP contribution >= 0.6 is 11.8 Å². The summed E-state index contributed by atoms with van der Waals surface area (Å²) in [7, 11) is 1.82. The van der Waals surface area contributed by atoms with Crippen molar-refractivity contribution in [2.24, 2.45) is 0 Å². The molecule has 1 aromatic heterocycles. The second-order valence-electron chi connectivity index (χ2n) is 5.67. The Bertz CT molecular complexity index is 812. The fraction of sp³-hybridized carbons (Fsp3) is 0.263. The fourth-order valence-electron chi connectivity index (χ4n) is 2.46. The highest BCUT2D eigenvalue weighted by Gasteiger charge is 2.12. The number of imidazole rings is 1. The van der Waals surface area contributed by atoms with E-state index >= 15 is 0 Å². The molecule has 0 bridgehead atoms. The molecule has 1 amide bonds. The van der Waals surface area contributed by atoms with Crippen molar-refractivity contribution in [1.29, 1.82) is 0 Å². The van der Waals surface area contributed by atoms with Crippen LogP contribution in [0, 0.1) is 0 Å². The van der Waals surface area contributed by atoms with Crippen LogP contribution in [-0.4, -0.2) is 40.2 Å². The van der Waals surface area contributed by atoms with E-state index in [1.807, 2.05) is 62.5 Å². The lowest BCUT2D eigenvalue weighted by atomic mass is 10.2. The standard InChI is InChI=1S/C19H21N3O2S/c1-3-24-15-10-8-14(9-11-15)12-22(2)18(23)13-25-19-20-16-6-4-5-7-17(16)21-19/h4-11H,3,12-13H2,1-2H3,(H,20,21). The monoisotopic (exact) mass is 355 g/mol. The van der Waals surface area contributed by atoms with Crippen LogP contribution in [0.15, 0.2) is 53.7 Å². The van der Waals surface area contributed by atoms with Crippen LogP contribution in [0.2, 0.25) is 0 Å². The van der Waals surface area contributed by atoms with Crippen LogP contribution in [0.25, 0.3) is 11.0 Å².